The molecule has 0 saturated carbocycles. The number of carbonyl (C=O) groups excluding carboxylic acids is 2. The molecule has 0 bridgehead atoms. The summed E-state index contributed by atoms with van der Waals surface area (Å²) in [6, 6.07) is 12.9. The molecule has 2 fully saturated rings. The molecular formula is C21H22ClN3O3S. The molecule has 0 radical (unpaired) electrons. The lowest BCUT2D eigenvalue weighted by molar-refractivity contribution is 0.0913. The lowest BCUT2D eigenvalue weighted by Crippen LogP contribution is -2.34. The molecule has 2 amide bonds. The zero-order valence-electron chi connectivity index (χ0n) is 15.8. The maximum Gasteiger partial charge on any atom is 0.414 e. The lowest BCUT2D eigenvalue weighted by atomic mass is 10.2. The summed E-state index contributed by atoms with van der Waals surface area (Å²) in [5.41, 5.74) is 2.35. The molecule has 0 aliphatic carbocycles. The van der Waals surface area contributed by atoms with E-state index < -0.39 is 12.2 Å². The van der Waals surface area contributed by atoms with Crippen LogP contribution in [0.15, 0.2) is 47.4 Å². The molecule has 2 saturated heterocycles. The van der Waals surface area contributed by atoms with Gasteiger partial charge in [-0.2, -0.15) is 0 Å². The molecule has 2 heterocycles. The summed E-state index contributed by atoms with van der Waals surface area (Å²) in [6.45, 7) is 2.75. The van der Waals surface area contributed by atoms with Gasteiger partial charge < -0.3 is 15.0 Å². The number of benzene rings is 2. The zero-order chi connectivity index (χ0) is 20.4. The fraction of sp³-hybridized carbons (Fsp3) is 0.333. The summed E-state index contributed by atoms with van der Waals surface area (Å²) in [5, 5.41) is 3.25. The van der Waals surface area contributed by atoms with Crippen LogP contribution in [0.2, 0.25) is 5.02 Å². The SMILES string of the molecule is O=C(NC[C@H]1CN(c2ccc(N3CCCC3)cc2)C(=O)O1)c1cc(Cl)ccc1S. The lowest BCUT2D eigenvalue weighted by Gasteiger charge is -2.19. The zero-order valence-corrected chi connectivity index (χ0v) is 17.5. The predicted molar refractivity (Wildman–Crippen MR) is 117 cm³/mol. The van der Waals surface area contributed by atoms with Crippen LogP contribution in [0.25, 0.3) is 0 Å². The molecule has 1 atom stereocenters. The first-order valence-corrected chi connectivity index (χ1v) is 10.4. The highest BCUT2D eigenvalue weighted by Crippen LogP contribution is 2.26. The Hall–Kier alpha value is -2.38. The van der Waals surface area contributed by atoms with Crippen molar-refractivity contribution in [2.75, 3.05) is 36.0 Å². The number of cyclic esters (lactones) is 1. The summed E-state index contributed by atoms with van der Waals surface area (Å²) in [5.74, 6) is -0.304. The van der Waals surface area contributed by atoms with Crippen LogP contribution in [0.1, 0.15) is 23.2 Å². The van der Waals surface area contributed by atoms with Gasteiger partial charge in [0.1, 0.15) is 6.10 Å². The number of nitrogens with one attached hydrogen (secondary N) is 1. The highest BCUT2D eigenvalue weighted by atomic mass is 35.5. The molecule has 6 nitrogen and oxygen atoms in total. The number of carbonyl (C=O) groups is 2. The first-order chi connectivity index (χ1) is 14.0. The molecule has 0 spiro atoms. The summed E-state index contributed by atoms with van der Waals surface area (Å²) < 4.78 is 5.42. The van der Waals surface area contributed by atoms with Crippen molar-refractivity contribution in [1.82, 2.24) is 5.32 Å². The second-order valence-corrected chi connectivity index (χ2v) is 8.12. The van der Waals surface area contributed by atoms with Crippen molar-refractivity contribution in [3.63, 3.8) is 0 Å². The number of anilines is 2. The Balaban J connectivity index is 1.35. The summed E-state index contributed by atoms with van der Waals surface area (Å²) in [7, 11) is 0. The van der Waals surface area contributed by atoms with E-state index in [2.05, 4.69) is 22.8 Å². The van der Waals surface area contributed by atoms with Gasteiger partial charge in [0, 0.05) is 34.4 Å². The van der Waals surface area contributed by atoms with Crippen LogP contribution in [0.5, 0.6) is 0 Å². The maximum atomic E-state index is 12.4. The Morgan fingerprint density at radius 3 is 2.55 bits per heavy atom. The average Bonchev–Trinajstić information content (AvgIpc) is 3.38. The minimum absolute atomic E-state index is 0.215. The van der Waals surface area contributed by atoms with Gasteiger partial charge in [-0.15, -0.1) is 12.6 Å². The molecule has 1 N–H and O–H groups in total. The van der Waals surface area contributed by atoms with Crippen LogP contribution >= 0.6 is 24.2 Å². The predicted octanol–water partition coefficient (Wildman–Crippen LogP) is 3.98. The van der Waals surface area contributed by atoms with E-state index in [0.29, 0.717) is 22.0 Å². The van der Waals surface area contributed by atoms with Crippen molar-refractivity contribution in [2.45, 2.75) is 23.8 Å². The van der Waals surface area contributed by atoms with Crippen LogP contribution < -0.4 is 15.1 Å². The first-order valence-electron chi connectivity index (χ1n) is 9.61. The summed E-state index contributed by atoms with van der Waals surface area (Å²) in [6.07, 6.45) is 1.61. The van der Waals surface area contributed by atoms with Crippen LogP contribution in [0.4, 0.5) is 16.2 Å². The third-order valence-corrected chi connectivity index (χ3v) is 5.83. The highest BCUT2D eigenvalue weighted by molar-refractivity contribution is 7.80. The Morgan fingerprint density at radius 2 is 1.83 bits per heavy atom. The topological polar surface area (TPSA) is 61.9 Å². The second-order valence-electron chi connectivity index (χ2n) is 7.20. The maximum absolute atomic E-state index is 12.4. The van der Waals surface area contributed by atoms with Crippen molar-refractivity contribution in [3.8, 4) is 0 Å². The number of rotatable bonds is 5. The van der Waals surface area contributed by atoms with Crippen molar-refractivity contribution >= 4 is 47.6 Å². The largest absolute Gasteiger partial charge is 0.442 e. The number of thiol groups is 1. The monoisotopic (exact) mass is 431 g/mol. The molecule has 2 aromatic rings. The average molecular weight is 432 g/mol. The Kier molecular flexibility index (Phi) is 5.87. The van der Waals surface area contributed by atoms with Gasteiger partial charge in [0.15, 0.2) is 0 Å². The fourth-order valence-corrected chi connectivity index (χ4v) is 4.06. The van der Waals surface area contributed by atoms with Gasteiger partial charge in [-0.05, 0) is 55.3 Å². The van der Waals surface area contributed by atoms with E-state index in [1.54, 1.807) is 23.1 Å². The fourth-order valence-electron chi connectivity index (χ4n) is 3.65. The minimum atomic E-state index is -0.424. The van der Waals surface area contributed by atoms with Crippen LogP contribution in [0, 0.1) is 0 Å². The number of hydrogen-bond donors (Lipinski definition) is 2. The van der Waals surface area contributed by atoms with E-state index in [1.807, 2.05) is 24.3 Å². The molecule has 2 aromatic carbocycles. The first kappa shape index (κ1) is 19.9. The Morgan fingerprint density at radius 1 is 1.14 bits per heavy atom. The van der Waals surface area contributed by atoms with Gasteiger partial charge >= 0.3 is 6.09 Å². The number of nitrogens with zero attached hydrogens (tertiary/aromatic N) is 2. The summed E-state index contributed by atoms with van der Waals surface area (Å²) >= 11 is 10.2. The quantitative estimate of drug-likeness (QED) is 0.703. The van der Waals surface area contributed by atoms with Gasteiger partial charge in [0.05, 0.1) is 18.7 Å². The van der Waals surface area contributed by atoms with Crippen LogP contribution in [-0.2, 0) is 4.74 Å². The smallest absolute Gasteiger partial charge is 0.414 e. The van der Waals surface area contributed by atoms with E-state index in [-0.39, 0.29) is 12.5 Å². The van der Waals surface area contributed by atoms with E-state index in [1.165, 1.54) is 18.5 Å². The van der Waals surface area contributed by atoms with Gasteiger partial charge in [0.2, 0.25) is 0 Å². The van der Waals surface area contributed by atoms with Crippen molar-refractivity contribution in [3.05, 3.63) is 53.1 Å². The van der Waals surface area contributed by atoms with Crippen LogP contribution in [0.3, 0.4) is 0 Å². The van der Waals surface area contributed by atoms with Crippen molar-refractivity contribution in [1.29, 1.82) is 0 Å². The molecule has 0 unspecified atom stereocenters. The molecule has 2 aliphatic heterocycles. The number of amides is 2. The molecule has 4 rings (SSSR count). The van der Waals surface area contributed by atoms with Gasteiger partial charge in [-0.1, -0.05) is 11.6 Å². The third-order valence-electron chi connectivity index (χ3n) is 5.20. The molecule has 152 valence electrons. The molecular weight excluding hydrogens is 410 g/mol. The van der Waals surface area contributed by atoms with Crippen molar-refractivity contribution < 1.29 is 14.3 Å². The number of hydrogen-bond acceptors (Lipinski definition) is 5. The van der Waals surface area contributed by atoms with E-state index in [0.717, 1.165) is 18.8 Å². The number of halogens is 1. The normalized spacial score (nSPS) is 18.8. The molecule has 29 heavy (non-hydrogen) atoms. The second kappa shape index (κ2) is 8.55. The van der Waals surface area contributed by atoms with E-state index in [9.17, 15) is 9.59 Å². The number of ether oxygens (including phenoxy) is 1. The van der Waals surface area contributed by atoms with Gasteiger partial charge in [-0.25, -0.2) is 4.79 Å². The minimum Gasteiger partial charge on any atom is -0.442 e. The van der Waals surface area contributed by atoms with Crippen LogP contribution in [-0.4, -0.2) is 44.3 Å². The third kappa shape index (κ3) is 4.46. The molecule has 2 aliphatic rings. The Bertz CT molecular complexity index is 916. The highest BCUT2D eigenvalue weighted by Gasteiger charge is 2.32. The molecule has 8 heteroatoms. The van der Waals surface area contributed by atoms with E-state index >= 15 is 0 Å². The summed E-state index contributed by atoms with van der Waals surface area (Å²) in [4.78, 5) is 29.2. The van der Waals surface area contributed by atoms with Gasteiger partial charge in [-0.3, -0.25) is 9.69 Å². The molecule has 0 aromatic heterocycles. The van der Waals surface area contributed by atoms with E-state index in [4.69, 9.17) is 16.3 Å². The standard InChI is InChI=1S/C21H22ClN3O3S/c22-14-3-8-19(29)18(11-14)20(26)23-12-17-13-25(21(27)28-17)16-6-4-15(5-7-16)24-9-1-2-10-24/h3-8,11,17,29H,1-2,9-10,12-13H2,(H,23,26)/t17-/m0/s1. The van der Waals surface area contributed by atoms with Crippen molar-refractivity contribution in [2.24, 2.45) is 0 Å². The van der Waals surface area contributed by atoms with Gasteiger partial charge in [0.25, 0.3) is 5.91 Å². The Labute approximate surface area is 180 Å².